The van der Waals surface area contributed by atoms with E-state index in [4.69, 9.17) is 4.74 Å². The number of amides is 3. The third-order valence-corrected chi connectivity index (χ3v) is 5.34. The first kappa shape index (κ1) is 21.3. The molecule has 0 radical (unpaired) electrons. The highest BCUT2D eigenvalue weighted by Gasteiger charge is 2.49. The van der Waals surface area contributed by atoms with Crippen LogP contribution in [-0.4, -0.2) is 46.7 Å². The van der Waals surface area contributed by atoms with E-state index in [2.05, 4.69) is 10.3 Å². The highest BCUT2D eigenvalue weighted by molar-refractivity contribution is 6.14. The van der Waals surface area contributed by atoms with Gasteiger partial charge >= 0.3 is 12.0 Å². The number of imide groups is 1. The zero-order valence-electron chi connectivity index (χ0n) is 17.7. The Labute approximate surface area is 174 Å². The molecule has 1 atom stereocenters. The van der Waals surface area contributed by atoms with E-state index in [-0.39, 0.29) is 17.7 Å². The van der Waals surface area contributed by atoms with Crippen LogP contribution in [0.15, 0.2) is 24.3 Å². The Kier molecular flexibility index (Phi) is 5.52. The van der Waals surface area contributed by atoms with E-state index in [1.807, 2.05) is 19.1 Å². The van der Waals surface area contributed by atoms with E-state index >= 15 is 0 Å². The average Bonchev–Trinajstić information content (AvgIpc) is 3.10. The zero-order chi connectivity index (χ0) is 22.2. The summed E-state index contributed by atoms with van der Waals surface area (Å²) in [4.78, 5) is 54.9. The number of urea groups is 1. The second-order valence-electron chi connectivity index (χ2n) is 7.58. The molecule has 1 saturated heterocycles. The van der Waals surface area contributed by atoms with Gasteiger partial charge in [-0.3, -0.25) is 14.5 Å². The topological polar surface area (TPSA) is 109 Å². The summed E-state index contributed by atoms with van der Waals surface area (Å²) >= 11 is 0. The summed E-state index contributed by atoms with van der Waals surface area (Å²) < 4.78 is 5.05. The molecule has 30 heavy (non-hydrogen) atoms. The predicted octanol–water partition coefficient (Wildman–Crippen LogP) is 2.77. The number of carbonyl (C=O) groups is 4. The maximum Gasteiger partial charge on any atom is 0.340 e. The predicted molar refractivity (Wildman–Crippen MR) is 109 cm³/mol. The number of hydrogen-bond acceptors (Lipinski definition) is 5. The second-order valence-corrected chi connectivity index (χ2v) is 7.58. The molecule has 8 heteroatoms. The molecule has 0 spiro atoms. The van der Waals surface area contributed by atoms with Gasteiger partial charge in [0.15, 0.2) is 5.78 Å². The van der Waals surface area contributed by atoms with Gasteiger partial charge in [0.25, 0.3) is 5.91 Å². The summed E-state index contributed by atoms with van der Waals surface area (Å²) in [7, 11) is 0. The van der Waals surface area contributed by atoms with Crippen molar-refractivity contribution in [2.75, 3.05) is 13.2 Å². The molecule has 1 aromatic carbocycles. The minimum Gasteiger partial charge on any atom is -0.462 e. The van der Waals surface area contributed by atoms with Crippen LogP contribution in [0.25, 0.3) is 0 Å². The van der Waals surface area contributed by atoms with Crippen molar-refractivity contribution in [2.24, 2.45) is 0 Å². The number of hydrogen-bond donors (Lipinski definition) is 2. The van der Waals surface area contributed by atoms with Crippen LogP contribution in [0.4, 0.5) is 4.79 Å². The molecule has 1 aliphatic rings. The highest BCUT2D eigenvalue weighted by Crippen LogP contribution is 2.30. The monoisotopic (exact) mass is 411 g/mol. The number of Topliss-reactive ketones (excluding diaryl/α,β-unsaturated/α-hetero) is 1. The van der Waals surface area contributed by atoms with Gasteiger partial charge < -0.3 is 15.0 Å². The van der Waals surface area contributed by atoms with Gasteiger partial charge in [-0.2, -0.15) is 0 Å². The lowest BCUT2D eigenvalue weighted by atomic mass is 9.91. The fraction of sp³-hybridized carbons (Fsp3) is 0.364. The van der Waals surface area contributed by atoms with E-state index in [0.29, 0.717) is 17.0 Å². The van der Waals surface area contributed by atoms with Gasteiger partial charge in [-0.1, -0.05) is 29.8 Å². The zero-order valence-corrected chi connectivity index (χ0v) is 17.7. The summed E-state index contributed by atoms with van der Waals surface area (Å²) in [6.45, 7) is 8.22. The summed E-state index contributed by atoms with van der Waals surface area (Å²) in [6.07, 6.45) is 0. The van der Waals surface area contributed by atoms with Crippen molar-refractivity contribution in [1.82, 2.24) is 15.2 Å². The van der Waals surface area contributed by atoms with Crippen molar-refractivity contribution >= 4 is 23.7 Å². The van der Waals surface area contributed by atoms with Crippen molar-refractivity contribution in [3.05, 3.63) is 57.9 Å². The average molecular weight is 411 g/mol. The van der Waals surface area contributed by atoms with Gasteiger partial charge in [0.2, 0.25) is 0 Å². The normalized spacial score (nSPS) is 18.5. The molecule has 3 amide bonds. The van der Waals surface area contributed by atoms with E-state index in [0.717, 1.165) is 10.5 Å². The number of carbonyl (C=O) groups excluding carboxylic acids is 4. The van der Waals surface area contributed by atoms with Crippen molar-refractivity contribution < 1.29 is 23.9 Å². The third kappa shape index (κ3) is 3.49. The quantitative estimate of drug-likeness (QED) is 0.432. The second kappa shape index (κ2) is 7.78. The Morgan fingerprint density at radius 2 is 1.63 bits per heavy atom. The van der Waals surface area contributed by atoms with Crippen LogP contribution in [0.2, 0.25) is 0 Å². The van der Waals surface area contributed by atoms with Crippen LogP contribution in [0.1, 0.15) is 57.1 Å². The minimum atomic E-state index is -1.27. The number of rotatable bonds is 6. The number of nitrogens with one attached hydrogen (secondary N) is 2. The summed E-state index contributed by atoms with van der Waals surface area (Å²) in [5, 5.41) is 2.69. The third-order valence-electron chi connectivity index (χ3n) is 5.34. The number of ether oxygens (including phenoxy) is 1. The number of benzene rings is 1. The summed E-state index contributed by atoms with van der Waals surface area (Å²) in [5.41, 5.74) is 1.63. The van der Waals surface area contributed by atoms with E-state index in [9.17, 15) is 19.2 Å². The molecule has 0 saturated carbocycles. The van der Waals surface area contributed by atoms with Crippen molar-refractivity contribution in [2.45, 2.75) is 40.2 Å². The molecular weight excluding hydrogens is 386 g/mol. The lowest BCUT2D eigenvalue weighted by Gasteiger charge is -2.22. The standard InChI is InChI=1S/C22H25N3O5/c1-6-30-19(27)18-14(4)23-13(3)17(18)16(26)11-25-20(28)22(5,24-21(25)29)15-9-7-12(2)8-10-15/h7-10,23H,6,11H2,1-5H3,(H,24,29)/t22-/m0/s1. The van der Waals surface area contributed by atoms with E-state index < -0.39 is 35.8 Å². The van der Waals surface area contributed by atoms with Gasteiger partial charge in [0, 0.05) is 11.4 Å². The Balaban J connectivity index is 1.89. The van der Waals surface area contributed by atoms with Crippen LogP contribution < -0.4 is 5.32 Å². The van der Waals surface area contributed by atoms with Crippen LogP contribution in [0.5, 0.6) is 0 Å². The van der Waals surface area contributed by atoms with Gasteiger partial charge in [0.05, 0.1) is 24.3 Å². The number of aromatic amines is 1. The molecule has 1 aliphatic heterocycles. The van der Waals surface area contributed by atoms with Gasteiger partial charge in [-0.15, -0.1) is 0 Å². The lowest BCUT2D eigenvalue weighted by molar-refractivity contribution is -0.130. The number of nitrogens with zero attached hydrogens (tertiary/aromatic N) is 1. The fourth-order valence-electron chi connectivity index (χ4n) is 3.73. The first-order valence-corrected chi connectivity index (χ1v) is 9.70. The first-order valence-electron chi connectivity index (χ1n) is 9.70. The van der Waals surface area contributed by atoms with Crippen LogP contribution >= 0.6 is 0 Å². The van der Waals surface area contributed by atoms with Crippen molar-refractivity contribution in [3.8, 4) is 0 Å². The molecule has 158 valence electrons. The Morgan fingerprint density at radius 3 is 2.23 bits per heavy atom. The molecule has 0 unspecified atom stereocenters. The van der Waals surface area contributed by atoms with Crippen LogP contribution in [-0.2, 0) is 15.1 Å². The summed E-state index contributed by atoms with van der Waals surface area (Å²) in [5.74, 6) is -1.66. The maximum absolute atomic E-state index is 13.1. The molecule has 0 aliphatic carbocycles. The number of esters is 1. The molecule has 8 nitrogen and oxygen atoms in total. The van der Waals surface area contributed by atoms with Crippen LogP contribution in [0.3, 0.4) is 0 Å². The number of ketones is 1. The maximum atomic E-state index is 13.1. The number of aryl methyl sites for hydroxylation is 3. The van der Waals surface area contributed by atoms with Gasteiger partial charge in [-0.05, 0) is 40.2 Å². The van der Waals surface area contributed by atoms with Crippen molar-refractivity contribution in [3.63, 3.8) is 0 Å². The Hall–Kier alpha value is -3.42. The molecular formula is C22H25N3O5. The van der Waals surface area contributed by atoms with Crippen LogP contribution in [0, 0.1) is 20.8 Å². The number of H-pyrrole nitrogens is 1. The molecule has 1 fully saturated rings. The van der Waals surface area contributed by atoms with Gasteiger partial charge in [0.1, 0.15) is 5.54 Å². The van der Waals surface area contributed by atoms with Gasteiger partial charge in [-0.25, -0.2) is 9.59 Å². The largest absolute Gasteiger partial charge is 0.462 e. The Morgan fingerprint density at radius 1 is 1.03 bits per heavy atom. The SMILES string of the molecule is CCOC(=O)c1c(C)[nH]c(C)c1C(=O)CN1C(=O)N[C@@](C)(c2ccc(C)cc2)C1=O. The molecule has 0 bridgehead atoms. The van der Waals surface area contributed by atoms with E-state index in [1.165, 1.54) is 0 Å². The molecule has 2 aromatic rings. The first-order chi connectivity index (χ1) is 14.1. The molecule has 3 rings (SSSR count). The smallest absolute Gasteiger partial charge is 0.340 e. The number of aromatic nitrogens is 1. The minimum absolute atomic E-state index is 0.132. The van der Waals surface area contributed by atoms with E-state index in [1.54, 1.807) is 39.8 Å². The Bertz CT molecular complexity index is 1040. The van der Waals surface area contributed by atoms with Crippen molar-refractivity contribution in [1.29, 1.82) is 0 Å². The molecule has 1 aromatic heterocycles. The highest BCUT2D eigenvalue weighted by atomic mass is 16.5. The molecule has 2 N–H and O–H groups in total. The lowest BCUT2D eigenvalue weighted by Crippen LogP contribution is -2.41. The summed E-state index contributed by atoms with van der Waals surface area (Å²) in [6, 6.07) is 6.60. The fourth-order valence-corrected chi connectivity index (χ4v) is 3.73. The molecule has 2 heterocycles.